The number of anilines is 1. The molecular weight excluding hydrogens is 214 g/mol. The van der Waals surface area contributed by atoms with E-state index in [0.29, 0.717) is 12.1 Å². The van der Waals surface area contributed by atoms with Gasteiger partial charge in [-0.3, -0.25) is 4.79 Å². The van der Waals surface area contributed by atoms with Crippen molar-refractivity contribution in [3.8, 4) is 0 Å². The molecule has 3 N–H and O–H groups in total. The van der Waals surface area contributed by atoms with E-state index in [1.807, 2.05) is 12.1 Å². The van der Waals surface area contributed by atoms with Crippen LogP contribution >= 0.6 is 0 Å². The fourth-order valence-corrected chi connectivity index (χ4v) is 1.22. The van der Waals surface area contributed by atoms with Crippen molar-refractivity contribution in [3.05, 3.63) is 29.8 Å². The third kappa shape index (κ3) is 4.72. The van der Waals surface area contributed by atoms with Crippen LogP contribution in [0.5, 0.6) is 0 Å². The van der Waals surface area contributed by atoms with Crippen molar-refractivity contribution >= 4 is 11.6 Å². The van der Waals surface area contributed by atoms with Crippen LogP contribution in [0.15, 0.2) is 24.3 Å². The number of nitrogens with two attached hydrogens (primary N) is 1. The summed E-state index contributed by atoms with van der Waals surface area (Å²) in [6, 6.07) is 7.12. The summed E-state index contributed by atoms with van der Waals surface area (Å²) in [7, 11) is 0. The molecule has 16 heavy (non-hydrogen) atoms. The molecule has 0 saturated heterocycles. The molecule has 1 rings (SSSR count). The Hall–Kier alpha value is -1.65. The second-order valence-electron chi connectivity index (χ2n) is 3.44. The van der Waals surface area contributed by atoms with Gasteiger partial charge in [-0.1, -0.05) is 12.1 Å². The van der Waals surface area contributed by atoms with E-state index < -0.39 is 13.0 Å². The Kier molecular flexibility index (Phi) is 4.69. The van der Waals surface area contributed by atoms with Gasteiger partial charge in [-0.25, -0.2) is 8.78 Å². The highest BCUT2D eigenvalue weighted by molar-refractivity contribution is 5.76. The van der Waals surface area contributed by atoms with Gasteiger partial charge in [0.05, 0.1) is 6.54 Å². The van der Waals surface area contributed by atoms with Gasteiger partial charge >= 0.3 is 0 Å². The molecule has 3 nitrogen and oxygen atoms in total. The summed E-state index contributed by atoms with van der Waals surface area (Å²) in [4.78, 5) is 11.1. The van der Waals surface area contributed by atoms with Gasteiger partial charge in [0.2, 0.25) is 5.91 Å². The quantitative estimate of drug-likeness (QED) is 0.752. The van der Waals surface area contributed by atoms with Crippen LogP contribution < -0.4 is 11.1 Å². The highest BCUT2D eigenvalue weighted by Crippen LogP contribution is 2.07. The van der Waals surface area contributed by atoms with Crippen molar-refractivity contribution in [2.24, 2.45) is 0 Å². The van der Waals surface area contributed by atoms with Gasteiger partial charge < -0.3 is 11.1 Å². The fourth-order valence-electron chi connectivity index (χ4n) is 1.22. The van der Waals surface area contributed by atoms with Crippen LogP contribution in [0.25, 0.3) is 0 Å². The topological polar surface area (TPSA) is 55.1 Å². The van der Waals surface area contributed by atoms with Crippen molar-refractivity contribution in [2.75, 3.05) is 12.3 Å². The summed E-state index contributed by atoms with van der Waals surface area (Å²) in [5, 5.41) is 2.15. The molecule has 88 valence electrons. The van der Waals surface area contributed by atoms with E-state index in [0.717, 1.165) is 5.56 Å². The maximum Gasteiger partial charge on any atom is 0.255 e. The lowest BCUT2D eigenvalue weighted by molar-refractivity contribution is -0.121. The van der Waals surface area contributed by atoms with Gasteiger partial charge in [-0.15, -0.1) is 0 Å². The molecule has 1 aromatic rings. The highest BCUT2D eigenvalue weighted by Gasteiger charge is 2.06. The third-order valence-corrected chi connectivity index (χ3v) is 2.07. The first-order valence-corrected chi connectivity index (χ1v) is 4.97. The molecule has 0 saturated carbocycles. The number of nitrogens with one attached hydrogen (secondary N) is 1. The molecular formula is C11H14F2N2O. The van der Waals surface area contributed by atoms with E-state index >= 15 is 0 Å². The highest BCUT2D eigenvalue weighted by atomic mass is 19.3. The molecule has 0 aromatic heterocycles. The van der Waals surface area contributed by atoms with Crippen LogP contribution in [0.4, 0.5) is 14.5 Å². The minimum Gasteiger partial charge on any atom is -0.399 e. The molecule has 0 heterocycles. The number of amides is 1. The van der Waals surface area contributed by atoms with E-state index in [1.54, 1.807) is 12.1 Å². The Morgan fingerprint density at radius 2 is 1.94 bits per heavy atom. The number of alkyl halides is 2. The molecule has 0 fully saturated rings. The van der Waals surface area contributed by atoms with E-state index in [4.69, 9.17) is 5.73 Å². The van der Waals surface area contributed by atoms with E-state index in [2.05, 4.69) is 5.32 Å². The second-order valence-corrected chi connectivity index (χ2v) is 3.44. The van der Waals surface area contributed by atoms with E-state index in [-0.39, 0.29) is 12.3 Å². The van der Waals surface area contributed by atoms with Crippen molar-refractivity contribution in [1.29, 1.82) is 0 Å². The lowest BCUT2D eigenvalue weighted by atomic mass is 10.1. The lowest BCUT2D eigenvalue weighted by Gasteiger charge is -2.04. The molecule has 0 aliphatic rings. The minimum atomic E-state index is -2.50. The fraction of sp³-hybridized carbons (Fsp3) is 0.364. The lowest BCUT2D eigenvalue weighted by Crippen LogP contribution is -2.28. The summed E-state index contributed by atoms with van der Waals surface area (Å²) < 4.78 is 23.5. The number of hydrogen-bond acceptors (Lipinski definition) is 2. The van der Waals surface area contributed by atoms with Crippen LogP contribution in [0.3, 0.4) is 0 Å². The Labute approximate surface area is 92.6 Å². The Morgan fingerprint density at radius 1 is 1.31 bits per heavy atom. The van der Waals surface area contributed by atoms with Gasteiger partial charge in [0.15, 0.2) is 0 Å². The average molecular weight is 228 g/mol. The van der Waals surface area contributed by atoms with Gasteiger partial charge in [0, 0.05) is 12.1 Å². The van der Waals surface area contributed by atoms with Gasteiger partial charge in [0.1, 0.15) is 0 Å². The number of carbonyl (C=O) groups is 1. The summed E-state index contributed by atoms with van der Waals surface area (Å²) in [5.74, 6) is -0.364. The van der Waals surface area contributed by atoms with Crippen LogP contribution in [0, 0.1) is 0 Å². The number of nitrogen functional groups attached to an aromatic ring is 1. The van der Waals surface area contributed by atoms with Gasteiger partial charge in [-0.05, 0) is 24.1 Å². The predicted octanol–water partition coefficient (Wildman–Crippen LogP) is 1.58. The van der Waals surface area contributed by atoms with Crippen molar-refractivity contribution in [1.82, 2.24) is 5.32 Å². The molecule has 0 spiro atoms. The first-order chi connectivity index (χ1) is 7.58. The van der Waals surface area contributed by atoms with Crippen molar-refractivity contribution in [2.45, 2.75) is 19.3 Å². The van der Waals surface area contributed by atoms with Gasteiger partial charge in [0.25, 0.3) is 6.43 Å². The molecule has 1 aromatic carbocycles. The second kappa shape index (κ2) is 6.05. The SMILES string of the molecule is Nc1ccc(CCC(=O)NCC(F)F)cc1. The largest absolute Gasteiger partial charge is 0.399 e. The zero-order chi connectivity index (χ0) is 12.0. The zero-order valence-electron chi connectivity index (χ0n) is 8.75. The number of hydrogen-bond donors (Lipinski definition) is 2. The first-order valence-electron chi connectivity index (χ1n) is 4.97. The molecule has 0 unspecified atom stereocenters. The number of benzene rings is 1. The summed E-state index contributed by atoms with van der Waals surface area (Å²) >= 11 is 0. The van der Waals surface area contributed by atoms with Gasteiger partial charge in [-0.2, -0.15) is 0 Å². The molecule has 0 radical (unpaired) electrons. The Balaban J connectivity index is 2.29. The van der Waals surface area contributed by atoms with E-state index in [1.165, 1.54) is 0 Å². The van der Waals surface area contributed by atoms with Crippen molar-refractivity contribution < 1.29 is 13.6 Å². The number of rotatable bonds is 5. The minimum absolute atomic E-state index is 0.205. The molecule has 0 bridgehead atoms. The Morgan fingerprint density at radius 3 is 2.50 bits per heavy atom. The molecule has 0 atom stereocenters. The third-order valence-electron chi connectivity index (χ3n) is 2.07. The monoisotopic (exact) mass is 228 g/mol. The summed E-state index contributed by atoms with van der Waals surface area (Å²) in [6.45, 7) is -0.583. The number of halogens is 2. The maximum absolute atomic E-state index is 11.8. The van der Waals surface area contributed by atoms with Crippen LogP contribution in [0.2, 0.25) is 0 Å². The average Bonchev–Trinajstić information content (AvgIpc) is 2.25. The molecule has 1 amide bonds. The first kappa shape index (κ1) is 12.4. The standard InChI is InChI=1S/C11H14F2N2O/c12-10(13)7-15-11(16)6-3-8-1-4-9(14)5-2-8/h1-2,4-5,10H,3,6-7,14H2,(H,15,16). The predicted molar refractivity (Wildman–Crippen MR) is 58.2 cm³/mol. The van der Waals surface area contributed by atoms with E-state index in [9.17, 15) is 13.6 Å². The normalized spacial score (nSPS) is 10.4. The van der Waals surface area contributed by atoms with Crippen molar-refractivity contribution in [3.63, 3.8) is 0 Å². The van der Waals surface area contributed by atoms with Crippen LogP contribution in [-0.2, 0) is 11.2 Å². The molecule has 0 aliphatic heterocycles. The smallest absolute Gasteiger partial charge is 0.255 e. The summed E-state index contributed by atoms with van der Waals surface area (Å²) in [5.41, 5.74) is 7.12. The number of carbonyl (C=O) groups excluding carboxylic acids is 1. The van der Waals surface area contributed by atoms with Crippen LogP contribution in [0.1, 0.15) is 12.0 Å². The molecule has 0 aliphatic carbocycles. The van der Waals surface area contributed by atoms with Crippen LogP contribution in [-0.4, -0.2) is 18.9 Å². The zero-order valence-corrected chi connectivity index (χ0v) is 8.75. The Bertz CT molecular complexity index is 338. The summed E-state index contributed by atoms with van der Waals surface area (Å²) in [6.07, 6.45) is -1.77. The maximum atomic E-state index is 11.8. The molecule has 5 heteroatoms. The number of aryl methyl sites for hydroxylation is 1.